The van der Waals surface area contributed by atoms with Crippen molar-refractivity contribution >= 4 is 48.8 Å². The fourth-order valence-electron chi connectivity index (χ4n) is 11.6. The Hall–Kier alpha value is -5.32. The second-order valence-electron chi connectivity index (χ2n) is 25.1. The molecule has 2 N–H and O–H groups in total. The molecule has 476 valence electrons. The lowest BCUT2D eigenvalue weighted by molar-refractivity contribution is -0.929. The number of anilines is 2. The smallest absolute Gasteiger partial charge is 0.261 e. The van der Waals surface area contributed by atoms with Crippen molar-refractivity contribution in [2.75, 3.05) is 103 Å². The molecule has 0 saturated heterocycles. The molecular weight excluding hydrogens is 1100 g/mol. The average Bonchev–Trinajstić information content (AvgIpc) is 0.896. The lowest BCUT2D eigenvalue weighted by Crippen LogP contribution is -3.00. The van der Waals surface area contributed by atoms with E-state index in [1.807, 2.05) is 36.2 Å². The Balaban J connectivity index is 0.000000451. The normalized spacial score (nSPS) is 11.8. The van der Waals surface area contributed by atoms with Gasteiger partial charge in [0.1, 0.15) is 11.5 Å². The molecule has 0 bridgehead atoms. The zero-order valence-electron chi connectivity index (χ0n) is 55.4. The topological polar surface area (TPSA) is 83.9 Å². The fourth-order valence-corrected chi connectivity index (χ4v) is 20.7. The number of hydrogen-bond acceptors (Lipinski definition) is 8. The first kappa shape index (κ1) is 74.9. The minimum Gasteiger partial charge on any atom is -1.00 e. The standard InChI is InChI=1S/C45H57NO3Si2.C16H36N.C13H21NO3.FH/c1-44(2,3)50(40-25-12-8-13-26-40,41-27-14-9-15-28-41)48-35-21-20-34-47-39-24-22-23-38(37-39)46(7)33-36-49-51(45(4,5)6,42-29-16-10-17-30-42)43-31-18-11-19-32-43;1-5-9-13-17(14-10-6-2,15-11-7-3)16-12-8-4;1-14(7-9-16)12-5-4-6-13(11-12)17-10-3-2-8-15;/h8-19,22-32,37H,20-21,33-36H2,1-7H3;5-16H2,1-4H3;4-6,11,15-16H,2-3,7-10H2,1H3;1H/q;+1;;/p-1. The van der Waals surface area contributed by atoms with Gasteiger partial charge >= 0.3 is 0 Å². The Kier molecular flexibility index (Phi) is 35.1. The molecule has 0 atom stereocenters. The minimum atomic E-state index is -2.58. The zero-order valence-corrected chi connectivity index (χ0v) is 57.4. The van der Waals surface area contributed by atoms with Crippen molar-refractivity contribution in [1.82, 2.24) is 0 Å². The van der Waals surface area contributed by atoms with Crippen LogP contribution in [0.2, 0.25) is 10.1 Å². The number of rotatable bonds is 36. The SMILES string of the molecule is CCCC[N+](CCCC)(CCCC)CCCC.CN(CCO)c1cccc(OCCCCO)c1.CN(CCO[Si](c1ccccc1)(c1ccccc1)C(C)(C)C)c1cccc(OCCCCO[Si](c2ccccc2)(c2ccccc2)C(C)(C)C)c1.[F-]. The van der Waals surface area contributed by atoms with Gasteiger partial charge in [-0.1, -0.05) is 228 Å². The lowest BCUT2D eigenvalue weighted by Gasteiger charge is -2.43. The molecule has 0 radical (unpaired) electrons. The summed E-state index contributed by atoms with van der Waals surface area (Å²) in [6.07, 6.45) is 14.5. The van der Waals surface area contributed by atoms with Crippen molar-refractivity contribution in [3.8, 4) is 11.5 Å². The Morgan fingerprint density at radius 3 is 1.03 bits per heavy atom. The van der Waals surface area contributed by atoms with Gasteiger partial charge < -0.3 is 47.5 Å². The van der Waals surface area contributed by atoms with E-state index in [9.17, 15) is 0 Å². The summed E-state index contributed by atoms with van der Waals surface area (Å²) in [7, 11) is -1.03. The quantitative estimate of drug-likeness (QED) is 0.0229. The van der Waals surface area contributed by atoms with Gasteiger partial charge in [-0.05, 0) is 106 Å². The van der Waals surface area contributed by atoms with Gasteiger partial charge in [0.25, 0.3) is 16.6 Å². The van der Waals surface area contributed by atoms with E-state index in [-0.39, 0.29) is 28.0 Å². The second-order valence-corrected chi connectivity index (χ2v) is 33.7. The molecule has 0 aliphatic rings. The van der Waals surface area contributed by atoms with Crippen molar-refractivity contribution in [3.63, 3.8) is 0 Å². The summed E-state index contributed by atoms with van der Waals surface area (Å²) in [5, 5.41) is 22.7. The summed E-state index contributed by atoms with van der Waals surface area (Å²) in [6, 6.07) is 59.6. The highest BCUT2D eigenvalue weighted by Gasteiger charge is 2.51. The molecule has 0 unspecified atom stereocenters. The highest BCUT2D eigenvalue weighted by Crippen LogP contribution is 2.38. The Labute approximate surface area is 524 Å². The Morgan fingerprint density at radius 1 is 0.384 bits per heavy atom. The maximum atomic E-state index is 8.87. The molecule has 6 aromatic rings. The van der Waals surface area contributed by atoms with E-state index >= 15 is 0 Å². The van der Waals surface area contributed by atoms with Crippen LogP contribution in [0.1, 0.15) is 146 Å². The summed E-state index contributed by atoms with van der Waals surface area (Å²) in [5.41, 5.74) is 2.15. The molecule has 12 heteroatoms. The van der Waals surface area contributed by atoms with Crippen molar-refractivity contribution in [2.45, 2.75) is 156 Å². The molecule has 0 heterocycles. The first-order valence-electron chi connectivity index (χ1n) is 32.5. The number of nitrogens with zero attached hydrogens (tertiary/aromatic N) is 3. The average molecular weight is 1220 g/mol. The summed E-state index contributed by atoms with van der Waals surface area (Å²) < 4.78 is 27.5. The van der Waals surface area contributed by atoms with E-state index in [0.717, 1.165) is 55.1 Å². The third-order valence-electron chi connectivity index (χ3n) is 16.4. The van der Waals surface area contributed by atoms with Crippen molar-refractivity contribution in [1.29, 1.82) is 0 Å². The third-order valence-corrected chi connectivity index (χ3v) is 26.5. The van der Waals surface area contributed by atoms with Gasteiger partial charge in [-0.2, -0.15) is 0 Å². The van der Waals surface area contributed by atoms with Gasteiger partial charge in [0, 0.05) is 63.9 Å². The van der Waals surface area contributed by atoms with E-state index in [1.165, 1.54) is 103 Å². The summed E-state index contributed by atoms with van der Waals surface area (Å²) in [5.74, 6) is 1.71. The molecule has 0 amide bonds. The largest absolute Gasteiger partial charge is 1.00 e. The molecule has 86 heavy (non-hydrogen) atoms. The molecule has 0 aliphatic carbocycles. The Morgan fingerprint density at radius 2 is 0.709 bits per heavy atom. The summed E-state index contributed by atoms with van der Waals surface area (Å²) >= 11 is 0. The van der Waals surface area contributed by atoms with Gasteiger partial charge in [-0.25, -0.2) is 0 Å². The van der Waals surface area contributed by atoms with E-state index in [1.54, 1.807) is 0 Å². The van der Waals surface area contributed by atoms with Crippen LogP contribution in [0.25, 0.3) is 0 Å². The fraction of sp³-hybridized carbons (Fsp3) is 0.514. The van der Waals surface area contributed by atoms with E-state index in [4.69, 9.17) is 28.5 Å². The molecule has 6 aromatic carbocycles. The van der Waals surface area contributed by atoms with Crippen LogP contribution in [-0.4, -0.2) is 124 Å². The van der Waals surface area contributed by atoms with Crippen LogP contribution in [0.5, 0.6) is 11.5 Å². The first-order valence-corrected chi connectivity index (χ1v) is 36.3. The van der Waals surface area contributed by atoms with Crippen LogP contribution >= 0.6 is 0 Å². The molecule has 6 rings (SSSR count). The number of halogens is 1. The van der Waals surface area contributed by atoms with Crippen LogP contribution in [0.15, 0.2) is 170 Å². The number of aliphatic hydroxyl groups is 2. The molecular formula is C74H114FN3O6Si2. The predicted molar refractivity (Wildman–Crippen MR) is 370 cm³/mol. The molecule has 0 fully saturated rings. The van der Waals surface area contributed by atoms with Gasteiger partial charge in [0.15, 0.2) is 0 Å². The zero-order chi connectivity index (χ0) is 61.9. The number of hydrogen-bond donors (Lipinski definition) is 2. The second kappa shape index (κ2) is 40.3. The molecule has 0 aromatic heterocycles. The third kappa shape index (κ3) is 23.3. The van der Waals surface area contributed by atoms with Gasteiger partial charge in [0.2, 0.25) is 0 Å². The van der Waals surface area contributed by atoms with E-state index in [0.29, 0.717) is 33.0 Å². The van der Waals surface area contributed by atoms with Crippen LogP contribution < -0.4 is 44.7 Å². The highest BCUT2D eigenvalue weighted by atomic mass is 28.4. The number of likely N-dealkylation sites (N-methyl/N-ethyl adjacent to an activating group) is 2. The van der Waals surface area contributed by atoms with Crippen LogP contribution in [-0.2, 0) is 8.85 Å². The van der Waals surface area contributed by atoms with E-state index < -0.39 is 16.6 Å². The van der Waals surface area contributed by atoms with Crippen LogP contribution in [0.3, 0.4) is 0 Å². The number of benzene rings is 6. The minimum absolute atomic E-state index is 0. The van der Waals surface area contributed by atoms with Crippen LogP contribution in [0, 0.1) is 0 Å². The number of quaternary nitrogens is 1. The maximum absolute atomic E-state index is 8.87. The van der Waals surface area contributed by atoms with E-state index in [2.05, 4.69) is 227 Å². The monoisotopic (exact) mass is 1220 g/mol. The summed E-state index contributed by atoms with van der Waals surface area (Å²) in [6.45, 7) is 33.3. The predicted octanol–water partition coefficient (Wildman–Crippen LogP) is 11.7. The van der Waals surface area contributed by atoms with Crippen molar-refractivity contribution in [2.24, 2.45) is 0 Å². The van der Waals surface area contributed by atoms with Gasteiger partial charge in [0.05, 0.1) is 52.6 Å². The van der Waals surface area contributed by atoms with Gasteiger partial charge in [-0.15, -0.1) is 0 Å². The maximum Gasteiger partial charge on any atom is 0.261 e. The van der Waals surface area contributed by atoms with Gasteiger partial charge in [-0.3, -0.25) is 0 Å². The summed E-state index contributed by atoms with van der Waals surface area (Å²) in [4.78, 5) is 4.24. The molecule has 0 saturated carbocycles. The number of aliphatic hydroxyl groups excluding tert-OH is 2. The van der Waals surface area contributed by atoms with Crippen molar-refractivity contribution < 1.29 is 37.7 Å². The number of unbranched alkanes of at least 4 members (excludes halogenated alkanes) is 6. The Bertz CT molecular complexity index is 2520. The van der Waals surface area contributed by atoms with Crippen molar-refractivity contribution in [3.05, 3.63) is 170 Å². The highest BCUT2D eigenvalue weighted by molar-refractivity contribution is 7.00. The number of ether oxygens (including phenoxy) is 2. The first-order chi connectivity index (χ1) is 41.0. The molecule has 9 nitrogen and oxygen atoms in total. The lowest BCUT2D eigenvalue weighted by atomic mass is 10.1. The molecule has 0 aliphatic heterocycles. The molecule has 0 spiro atoms. The van der Waals surface area contributed by atoms with Crippen LogP contribution in [0.4, 0.5) is 11.4 Å².